The number of halogens is 1. The van der Waals surface area contributed by atoms with E-state index in [4.69, 9.17) is 14.2 Å². The van der Waals surface area contributed by atoms with Gasteiger partial charge in [-0.3, -0.25) is 9.36 Å². The van der Waals surface area contributed by atoms with E-state index in [1.54, 1.807) is 51.3 Å². The van der Waals surface area contributed by atoms with Crippen LogP contribution in [0.4, 0.5) is 0 Å². The molecule has 0 aliphatic carbocycles. The van der Waals surface area contributed by atoms with E-state index in [0.717, 1.165) is 5.56 Å². The molecule has 2 heterocycles. The summed E-state index contributed by atoms with van der Waals surface area (Å²) in [4.78, 5) is 31.6. The van der Waals surface area contributed by atoms with Crippen molar-refractivity contribution < 1.29 is 24.1 Å². The Hall–Kier alpha value is -3.37. The van der Waals surface area contributed by atoms with Crippen molar-refractivity contribution in [3.63, 3.8) is 0 Å². The van der Waals surface area contributed by atoms with Gasteiger partial charge < -0.3 is 19.3 Å². The van der Waals surface area contributed by atoms with E-state index in [9.17, 15) is 14.7 Å². The molecule has 0 unspecified atom stereocenters. The maximum Gasteiger partial charge on any atom is 0.338 e. The molecular formula is C25H23BrN2O6S. The highest BCUT2D eigenvalue weighted by molar-refractivity contribution is 9.10. The van der Waals surface area contributed by atoms with Gasteiger partial charge in [-0.15, -0.1) is 0 Å². The quantitative estimate of drug-likeness (QED) is 0.466. The molecule has 1 aliphatic heterocycles. The monoisotopic (exact) mass is 558 g/mol. The van der Waals surface area contributed by atoms with Gasteiger partial charge in [-0.05, 0) is 71.2 Å². The van der Waals surface area contributed by atoms with Crippen LogP contribution in [0.3, 0.4) is 0 Å². The van der Waals surface area contributed by atoms with Gasteiger partial charge in [-0.25, -0.2) is 9.79 Å². The van der Waals surface area contributed by atoms with Crippen LogP contribution in [0, 0.1) is 0 Å². The number of phenolic OH excluding ortho intramolecular Hbond substituents is 1. The molecule has 0 fully saturated rings. The number of methoxy groups -OCH3 is 2. The van der Waals surface area contributed by atoms with Gasteiger partial charge in [0.25, 0.3) is 5.56 Å². The third kappa shape index (κ3) is 4.63. The maximum absolute atomic E-state index is 13.7. The topological polar surface area (TPSA) is 99.4 Å². The number of benzene rings is 2. The van der Waals surface area contributed by atoms with Gasteiger partial charge in [0.15, 0.2) is 16.3 Å². The summed E-state index contributed by atoms with van der Waals surface area (Å²) in [5.74, 6) is 0.387. The second-order valence-electron chi connectivity index (χ2n) is 7.63. The maximum atomic E-state index is 13.7. The van der Waals surface area contributed by atoms with E-state index < -0.39 is 12.0 Å². The Kier molecular flexibility index (Phi) is 7.13. The number of ether oxygens (including phenoxy) is 3. The van der Waals surface area contributed by atoms with Gasteiger partial charge in [0.1, 0.15) is 5.75 Å². The molecule has 0 radical (unpaired) electrons. The van der Waals surface area contributed by atoms with Crippen molar-refractivity contribution in [3.05, 3.63) is 83.0 Å². The number of aromatic hydroxyl groups is 1. The van der Waals surface area contributed by atoms with Gasteiger partial charge in [0, 0.05) is 0 Å². The summed E-state index contributed by atoms with van der Waals surface area (Å²) in [7, 11) is 3.02. The lowest BCUT2D eigenvalue weighted by Gasteiger charge is -2.24. The molecule has 0 spiro atoms. The number of aromatic nitrogens is 1. The molecule has 0 bridgehead atoms. The highest BCUT2D eigenvalue weighted by Crippen LogP contribution is 2.35. The molecule has 182 valence electrons. The van der Waals surface area contributed by atoms with Crippen molar-refractivity contribution in [1.29, 1.82) is 0 Å². The third-order valence-corrected chi connectivity index (χ3v) is 7.10. The van der Waals surface area contributed by atoms with Crippen molar-refractivity contribution in [1.82, 2.24) is 4.57 Å². The minimum absolute atomic E-state index is 0.0275. The molecule has 1 N–H and O–H groups in total. The minimum atomic E-state index is -0.709. The molecule has 0 saturated carbocycles. The minimum Gasteiger partial charge on any atom is -0.503 e. The Morgan fingerprint density at radius 3 is 2.57 bits per heavy atom. The average molecular weight is 559 g/mol. The summed E-state index contributed by atoms with van der Waals surface area (Å²) in [6, 6.07) is 9.81. The van der Waals surface area contributed by atoms with Gasteiger partial charge in [0.2, 0.25) is 0 Å². The first kappa shape index (κ1) is 24.7. The summed E-state index contributed by atoms with van der Waals surface area (Å²) in [5.41, 5.74) is 1.88. The smallest absolute Gasteiger partial charge is 0.338 e. The number of carbonyl (C=O) groups excluding carboxylic acids is 1. The Bertz CT molecular complexity index is 1500. The van der Waals surface area contributed by atoms with Crippen molar-refractivity contribution >= 4 is 39.3 Å². The zero-order valence-corrected chi connectivity index (χ0v) is 21.9. The number of nitrogens with zero attached hydrogens (tertiary/aromatic N) is 2. The molecule has 35 heavy (non-hydrogen) atoms. The van der Waals surface area contributed by atoms with Crippen LogP contribution in [0.25, 0.3) is 6.08 Å². The number of allylic oxidation sites excluding steroid dienone is 1. The van der Waals surface area contributed by atoms with E-state index in [1.165, 1.54) is 23.0 Å². The number of fused-ring (bicyclic) bond motifs is 1. The molecule has 3 aromatic rings. The number of phenols is 1. The zero-order valence-electron chi connectivity index (χ0n) is 19.5. The average Bonchev–Trinajstić information content (AvgIpc) is 3.14. The standard InChI is InChI=1S/C25H23BrN2O6S/c1-5-34-24(31)20-13(2)27-25-28(21(20)15-6-8-16(32-3)9-7-15)23(30)19(35-25)12-14-10-17(26)22(29)18(11-14)33-4/h6-12,21,29H,5H2,1-4H3/b19-12-/t21-/m0/s1. The summed E-state index contributed by atoms with van der Waals surface area (Å²) in [6.07, 6.45) is 1.70. The number of esters is 1. The molecule has 4 rings (SSSR count). The predicted octanol–water partition coefficient (Wildman–Crippen LogP) is 3.28. The molecule has 0 amide bonds. The number of thiazole rings is 1. The fourth-order valence-electron chi connectivity index (χ4n) is 3.88. The van der Waals surface area contributed by atoms with Crippen molar-refractivity contribution in [2.24, 2.45) is 4.99 Å². The predicted molar refractivity (Wildman–Crippen MR) is 136 cm³/mol. The van der Waals surface area contributed by atoms with Crippen LogP contribution in [0.1, 0.15) is 31.0 Å². The van der Waals surface area contributed by atoms with Gasteiger partial charge >= 0.3 is 5.97 Å². The molecule has 8 nitrogen and oxygen atoms in total. The van der Waals surface area contributed by atoms with Crippen LogP contribution in [0.5, 0.6) is 17.2 Å². The Labute approximate surface area is 213 Å². The van der Waals surface area contributed by atoms with Crippen LogP contribution < -0.4 is 24.4 Å². The fraction of sp³-hybridized carbons (Fsp3) is 0.240. The van der Waals surface area contributed by atoms with E-state index in [2.05, 4.69) is 20.9 Å². The lowest BCUT2D eigenvalue weighted by atomic mass is 9.96. The second-order valence-corrected chi connectivity index (χ2v) is 9.49. The number of hydrogen-bond acceptors (Lipinski definition) is 8. The summed E-state index contributed by atoms with van der Waals surface area (Å²) < 4.78 is 18.2. The molecule has 0 saturated heterocycles. The van der Waals surface area contributed by atoms with Crippen molar-refractivity contribution in [2.75, 3.05) is 20.8 Å². The zero-order chi connectivity index (χ0) is 25.3. The highest BCUT2D eigenvalue weighted by atomic mass is 79.9. The Balaban J connectivity index is 1.94. The molecule has 1 atom stereocenters. The van der Waals surface area contributed by atoms with Gasteiger partial charge in [-0.2, -0.15) is 0 Å². The summed E-state index contributed by atoms with van der Waals surface area (Å²) in [5, 5.41) is 10.1. The number of hydrogen-bond donors (Lipinski definition) is 1. The molecule has 1 aliphatic rings. The first-order valence-corrected chi connectivity index (χ1v) is 12.3. The van der Waals surface area contributed by atoms with Crippen molar-refractivity contribution in [3.8, 4) is 17.2 Å². The van der Waals surface area contributed by atoms with Gasteiger partial charge in [-0.1, -0.05) is 23.5 Å². The van der Waals surface area contributed by atoms with E-state index in [0.29, 0.717) is 36.4 Å². The Morgan fingerprint density at radius 2 is 1.94 bits per heavy atom. The lowest BCUT2D eigenvalue weighted by Crippen LogP contribution is -2.39. The van der Waals surface area contributed by atoms with Crippen LogP contribution in [0.2, 0.25) is 0 Å². The van der Waals surface area contributed by atoms with Gasteiger partial charge in [0.05, 0.1) is 47.1 Å². The molecule has 1 aromatic heterocycles. The molecular weight excluding hydrogens is 536 g/mol. The molecule has 2 aromatic carbocycles. The van der Waals surface area contributed by atoms with E-state index >= 15 is 0 Å². The fourth-order valence-corrected chi connectivity index (χ4v) is 5.38. The first-order valence-electron chi connectivity index (χ1n) is 10.7. The lowest BCUT2D eigenvalue weighted by molar-refractivity contribution is -0.139. The summed E-state index contributed by atoms with van der Waals surface area (Å²) >= 11 is 4.52. The van der Waals surface area contributed by atoms with Crippen LogP contribution in [0.15, 0.2) is 61.9 Å². The number of rotatable bonds is 6. The number of carbonyl (C=O) groups is 1. The SMILES string of the molecule is CCOC(=O)C1=C(C)N=c2s/c(=C\c3cc(Br)c(O)c(OC)c3)c(=O)n2[C@H]1c1ccc(OC)cc1. The van der Waals surface area contributed by atoms with Crippen LogP contribution in [-0.4, -0.2) is 36.5 Å². The highest BCUT2D eigenvalue weighted by Gasteiger charge is 2.33. The van der Waals surface area contributed by atoms with Crippen LogP contribution in [-0.2, 0) is 9.53 Å². The van der Waals surface area contributed by atoms with Crippen LogP contribution >= 0.6 is 27.3 Å². The molecule has 10 heteroatoms. The Morgan fingerprint density at radius 1 is 1.23 bits per heavy atom. The van der Waals surface area contributed by atoms with E-state index in [1.807, 2.05) is 12.1 Å². The van der Waals surface area contributed by atoms with E-state index in [-0.39, 0.29) is 23.7 Å². The summed E-state index contributed by atoms with van der Waals surface area (Å²) in [6.45, 7) is 3.67. The third-order valence-electron chi connectivity index (χ3n) is 5.52. The normalized spacial score (nSPS) is 15.5. The largest absolute Gasteiger partial charge is 0.503 e. The second kappa shape index (κ2) is 10.1. The first-order chi connectivity index (χ1) is 16.8. The van der Waals surface area contributed by atoms with Crippen molar-refractivity contribution in [2.45, 2.75) is 19.9 Å².